The topological polar surface area (TPSA) is 68.0 Å². The van der Waals surface area contributed by atoms with Gasteiger partial charge in [-0.05, 0) is 42.2 Å². The minimum Gasteiger partial charge on any atom is -0.403 e. The van der Waals surface area contributed by atoms with Crippen LogP contribution < -0.4 is 5.32 Å². The molecule has 0 aliphatic carbocycles. The number of hydrogen-bond donors (Lipinski definition) is 1. The number of carbonyl (C=O) groups is 1. The molecule has 0 fully saturated rings. The lowest BCUT2D eigenvalue weighted by Crippen LogP contribution is -2.07. The number of aromatic nitrogens is 2. The Kier molecular flexibility index (Phi) is 5.53. The molecule has 0 saturated carbocycles. The van der Waals surface area contributed by atoms with Gasteiger partial charge in [-0.25, -0.2) is 0 Å². The smallest absolute Gasteiger partial charge is 0.322 e. The number of thioether (sulfide) groups is 1. The molecule has 1 aromatic heterocycles. The lowest BCUT2D eigenvalue weighted by atomic mass is 10.2. The van der Waals surface area contributed by atoms with Crippen LogP contribution in [0.2, 0.25) is 5.02 Å². The van der Waals surface area contributed by atoms with Crippen molar-refractivity contribution in [2.45, 2.75) is 4.90 Å². The van der Waals surface area contributed by atoms with Gasteiger partial charge in [-0.3, -0.25) is 10.1 Å². The van der Waals surface area contributed by atoms with E-state index in [1.807, 2.05) is 48.7 Å². The maximum absolute atomic E-state index is 12.0. The highest BCUT2D eigenvalue weighted by Crippen LogP contribution is 2.24. The van der Waals surface area contributed by atoms with Crippen molar-refractivity contribution in [1.29, 1.82) is 0 Å². The van der Waals surface area contributed by atoms with E-state index in [1.54, 1.807) is 23.9 Å². The Labute approximate surface area is 154 Å². The van der Waals surface area contributed by atoms with Gasteiger partial charge in [0, 0.05) is 21.6 Å². The Morgan fingerprint density at radius 2 is 2.04 bits per heavy atom. The van der Waals surface area contributed by atoms with E-state index < -0.39 is 0 Å². The van der Waals surface area contributed by atoms with Gasteiger partial charge in [0.2, 0.25) is 5.89 Å². The standard InChI is InChI=1S/C18H14ClN3O2S/c1-25-14-7-4-6-13(11-14)17-21-22-18(24-17)20-16(23)10-9-12-5-2-3-8-15(12)19/h2-11H,1H3,(H,20,22,23). The minimum absolute atomic E-state index is 0.0402. The number of amides is 1. The molecule has 0 aliphatic heterocycles. The van der Waals surface area contributed by atoms with Gasteiger partial charge in [0.05, 0.1) is 0 Å². The molecule has 0 unspecified atom stereocenters. The molecule has 25 heavy (non-hydrogen) atoms. The Morgan fingerprint density at radius 3 is 2.84 bits per heavy atom. The Bertz CT molecular complexity index is 924. The Hall–Kier alpha value is -2.57. The molecule has 3 aromatic rings. The fourth-order valence-electron chi connectivity index (χ4n) is 2.07. The molecule has 1 heterocycles. The van der Waals surface area contributed by atoms with Crippen LogP contribution in [-0.4, -0.2) is 22.4 Å². The molecule has 2 aromatic carbocycles. The maximum atomic E-state index is 12.0. The van der Waals surface area contributed by atoms with E-state index in [4.69, 9.17) is 16.0 Å². The molecular weight excluding hydrogens is 358 g/mol. The SMILES string of the molecule is CSc1cccc(-c2nnc(NC(=O)C=Cc3ccccc3Cl)o2)c1. The van der Waals surface area contributed by atoms with Gasteiger partial charge < -0.3 is 4.42 Å². The first-order chi connectivity index (χ1) is 12.2. The first kappa shape index (κ1) is 17.3. The highest BCUT2D eigenvalue weighted by atomic mass is 35.5. The normalized spacial score (nSPS) is 11.0. The van der Waals surface area contributed by atoms with E-state index in [9.17, 15) is 4.79 Å². The van der Waals surface area contributed by atoms with Gasteiger partial charge in [-0.1, -0.05) is 41.0 Å². The fraction of sp³-hybridized carbons (Fsp3) is 0.0556. The van der Waals surface area contributed by atoms with E-state index in [2.05, 4.69) is 15.5 Å². The average Bonchev–Trinajstić information content (AvgIpc) is 3.09. The molecule has 1 N–H and O–H groups in total. The number of rotatable bonds is 5. The summed E-state index contributed by atoms with van der Waals surface area (Å²) in [5, 5.41) is 10.9. The van der Waals surface area contributed by atoms with Crippen LogP contribution in [0.4, 0.5) is 6.01 Å². The first-order valence-corrected chi connectivity index (χ1v) is 8.97. The van der Waals surface area contributed by atoms with Crippen LogP contribution in [0.25, 0.3) is 17.5 Å². The Balaban J connectivity index is 1.68. The summed E-state index contributed by atoms with van der Waals surface area (Å²) in [4.78, 5) is 13.1. The second-order valence-corrected chi connectivity index (χ2v) is 6.28. The molecule has 3 rings (SSSR count). The molecule has 5 nitrogen and oxygen atoms in total. The van der Waals surface area contributed by atoms with Gasteiger partial charge >= 0.3 is 6.01 Å². The third-order valence-corrected chi connectivity index (χ3v) is 4.36. The average molecular weight is 372 g/mol. The van der Waals surface area contributed by atoms with Crippen molar-refractivity contribution in [2.24, 2.45) is 0 Å². The first-order valence-electron chi connectivity index (χ1n) is 7.37. The molecular formula is C18H14ClN3O2S. The van der Waals surface area contributed by atoms with Crippen molar-refractivity contribution in [3.05, 3.63) is 65.2 Å². The highest BCUT2D eigenvalue weighted by Gasteiger charge is 2.10. The van der Waals surface area contributed by atoms with Crippen LogP contribution in [0.15, 0.2) is 63.9 Å². The van der Waals surface area contributed by atoms with E-state index in [1.165, 1.54) is 6.08 Å². The third kappa shape index (κ3) is 4.49. The third-order valence-electron chi connectivity index (χ3n) is 3.29. The predicted octanol–water partition coefficient (Wildman–Crippen LogP) is 4.76. The molecule has 0 atom stereocenters. The zero-order chi connectivity index (χ0) is 17.6. The summed E-state index contributed by atoms with van der Waals surface area (Å²) in [7, 11) is 0. The lowest BCUT2D eigenvalue weighted by Gasteiger charge is -1.98. The van der Waals surface area contributed by atoms with Gasteiger partial charge in [0.1, 0.15) is 0 Å². The summed E-state index contributed by atoms with van der Waals surface area (Å²) >= 11 is 7.66. The van der Waals surface area contributed by atoms with Crippen LogP contribution in [0.5, 0.6) is 0 Å². The fourth-order valence-corrected chi connectivity index (χ4v) is 2.73. The van der Waals surface area contributed by atoms with Crippen LogP contribution in [0, 0.1) is 0 Å². The predicted molar refractivity (Wildman–Crippen MR) is 101 cm³/mol. The number of hydrogen-bond acceptors (Lipinski definition) is 5. The molecule has 0 saturated heterocycles. The second kappa shape index (κ2) is 8.00. The minimum atomic E-state index is -0.381. The number of nitrogens with one attached hydrogen (secondary N) is 1. The molecule has 0 bridgehead atoms. The molecule has 0 radical (unpaired) electrons. The molecule has 0 spiro atoms. The van der Waals surface area contributed by atoms with E-state index in [0.29, 0.717) is 10.9 Å². The lowest BCUT2D eigenvalue weighted by molar-refractivity contribution is -0.112. The monoisotopic (exact) mass is 371 g/mol. The number of halogens is 1. The van der Waals surface area contributed by atoms with Crippen LogP contribution in [-0.2, 0) is 4.79 Å². The quantitative estimate of drug-likeness (QED) is 0.517. The summed E-state index contributed by atoms with van der Waals surface area (Å²) in [5.74, 6) is -0.0331. The molecule has 7 heteroatoms. The second-order valence-electron chi connectivity index (χ2n) is 4.99. The van der Waals surface area contributed by atoms with Crippen molar-refractivity contribution in [1.82, 2.24) is 10.2 Å². The number of carbonyl (C=O) groups excluding carboxylic acids is 1. The van der Waals surface area contributed by atoms with Gasteiger partial charge in [-0.15, -0.1) is 16.9 Å². The summed E-state index contributed by atoms with van der Waals surface area (Å²) in [5.41, 5.74) is 1.55. The van der Waals surface area contributed by atoms with E-state index in [-0.39, 0.29) is 11.9 Å². The van der Waals surface area contributed by atoms with Crippen molar-refractivity contribution in [3.63, 3.8) is 0 Å². The summed E-state index contributed by atoms with van der Waals surface area (Å²) < 4.78 is 5.49. The van der Waals surface area contributed by atoms with Crippen molar-refractivity contribution in [3.8, 4) is 11.5 Å². The van der Waals surface area contributed by atoms with Crippen molar-refractivity contribution in [2.75, 3.05) is 11.6 Å². The van der Waals surface area contributed by atoms with Crippen LogP contribution >= 0.6 is 23.4 Å². The Morgan fingerprint density at radius 1 is 1.20 bits per heavy atom. The van der Waals surface area contributed by atoms with Crippen LogP contribution in [0.1, 0.15) is 5.56 Å². The maximum Gasteiger partial charge on any atom is 0.322 e. The van der Waals surface area contributed by atoms with Gasteiger partial charge in [0.25, 0.3) is 5.91 Å². The number of benzene rings is 2. The molecule has 1 amide bonds. The van der Waals surface area contributed by atoms with Gasteiger partial charge in [-0.2, -0.15) is 0 Å². The number of anilines is 1. The molecule has 126 valence electrons. The molecule has 0 aliphatic rings. The number of nitrogens with zero attached hydrogens (tertiary/aromatic N) is 2. The summed E-state index contributed by atoms with van der Waals surface area (Å²) in [6, 6.07) is 15.0. The van der Waals surface area contributed by atoms with E-state index in [0.717, 1.165) is 16.0 Å². The van der Waals surface area contributed by atoms with E-state index >= 15 is 0 Å². The van der Waals surface area contributed by atoms with Crippen molar-refractivity contribution >= 4 is 41.4 Å². The highest BCUT2D eigenvalue weighted by molar-refractivity contribution is 7.98. The zero-order valence-electron chi connectivity index (χ0n) is 13.3. The summed E-state index contributed by atoms with van der Waals surface area (Å²) in [6.07, 6.45) is 4.97. The largest absolute Gasteiger partial charge is 0.403 e. The van der Waals surface area contributed by atoms with Crippen LogP contribution in [0.3, 0.4) is 0 Å². The zero-order valence-corrected chi connectivity index (χ0v) is 14.8. The van der Waals surface area contributed by atoms with Gasteiger partial charge in [0.15, 0.2) is 0 Å². The van der Waals surface area contributed by atoms with Crippen molar-refractivity contribution < 1.29 is 9.21 Å². The summed E-state index contributed by atoms with van der Waals surface area (Å²) in [6.45, 7) is 0.